The molecule has 0 aliphatic heterocycles. The molecule has 0 unspecified atom stereocenters. The number of sulfone groups is 1. The standard InChI is InChI=1S/C24H22BrN7O3S2/c25-18-7-5-17(6-8-18)21-13-23(36-29-21)24(33)26-9-12-37(34,35)15-19-14-32(30-28-19)11-10-31-16-27-20-3-1-2-4-22(20)31/h1-8,13-14,16H,9-12,15H2,(H,26,33). The molecule has 190 valence electrons. The molecular formula is C24H22BrN7O3S2. The second-order valence-corrected chi connectivity index (χ2v) is 12.2. The van der Waals surface area contributed by atoms with Gasteiger partial charge in [0, 0.05) is 29.3 Å². The number of nitrogens with zero attached hydrogens (tertiary/aromatic N) is 6. The fourth-order valence-electron chi connectivity index (χ4n) is 3.76. The van der Waals surface area contributed by atoms with Gasteiger partial charge in [-0.15, -0.1) is 5.10 Å². The van der Waals surface area contributed by atoms with Gasteiger partial charge in [-0.1, -0.05) is 45.4 Å². The maximum atomic E-state index is 12.6. The van der Waals surface area contributed by atoms with E-state index in [1.54, 1.807) is 23.3 Å². The van der Waals surface area contributed by atoms with Gasteiger partial charge in [0.2, 0.25) is 0 Å². The highest BCUT2D eigenvalue weighted by Gasteiger charge is 2.17. The predicted octanol–water partition coefficient (Wildman–Crippen LogP) is 3.56. The van der Waals surface area contributed by atoms with Crippen LogP contribution in [0.3, 0.4) is 0 Å². The number of halogens is 1. The van der Waals surface area contributed by atoms with Gasteiger partial charge < -0.3 is 9.88 Å². The normalized spacial score (nSPS) is 11.7. The summed E-state index contributed by atoms with van der Waals surface area (Å²) in [6.45, 7) is 1.15. The van der Waals surface area contributed by atoms with Gasteiger partial charge in [-0.05, 0) is 41.9 Å². The first-order chi connectivity index (χ1) is 17.9. The van der Waals surface area contributed by atoms with Crippen LogP contribution in [0.15, 0.2) is 71.6 Å². The van der Waals surface area contributed by atoms with E-state index in [4.69, 9.17) is 0 Å². The number of hydrogen-bond donors (Lipinski definition) is 1. The summed E-state index contributed by atoms with van der Waals surface area (Å²) < 4.78 is 34.1. The minimum absolute atomic E-state index is 0.00543. The number of imidazole rings is 1. The molecule has 10 nitrogen and oxygen atoms in total. The average Bonchev–Trinajstić information content (AvgIpc) is 3.63. The van der Waals surface area contributed by atoms with Crippen LogP contribution in [0.4, 0.5) is 0 Å². The molecule has 0 radical (unpaired) electrons. The lowest BCUT2D eigenvalue weighted by molar-refractivity contribution is 0.0960. The maximum Gasteiger partial charge on any atom is 0.263 e. The summed E-state index contributed by atoms with van der Waals surface area (Å²) in [6.07, 6.45) is 3.41. The summed E-state index contributed by atoms with van der Waals surface area (Å²) in [5.41, 5.74) is 3.89. The highest BCUT2D eigenvalue weighted by Crippen LogP contribution is 2.23. The first-order valence-electron chi connectivity index (χ1n) is 11.4. The number of carbonyl (C=O) groups is 1. The van der Waals surface area contributed by atoms with Crippen LogP contribution < -0.4 is 5.32 Å². The molecule has 0 saturated heterocycles. The first-order valence-corrected chi connectivity index (χ1v) is 14.8. The number of aryl methyl sites for hydroxylation is 2. The molecular weight excluding hydrogens is 578 g/mol. The molecule has 0 aliphatic rings. The van der Waals surface area contributed by atoms with Crippen LogP contribution in [-0.2, 0) is 28.7 Å². The van der Waals surface area contributed by atoms with Gasteiger partial charge in [0.05, 0.1) is 46.8 Å². The Kier molecular flexibility index (Phi) is 7.44. The van der Waals surface area contributed by atoms with E-state index in [0.29, 0.717) is 29.4 Å². The van der Waals surface area contributed by atoms with Crippen molar-refractivity contribution in [2.24, 2.45) is 0 Å². The molecule has 0 atom stereocenters. The molecule has 0 aliphatic carbocycles. The summed E-state index contributed by atoms with van der Waals surface area (Å²) in [7, 11) is -3.49. The molecule has 0 bridgehead atoms. The van der Waals surface area contributed by atoms with E-state index in [1.807, 2.05) is 53.1 Å². The van der Waals surface area contributed by atoms with Crippen LogP contribution in [0.25, 0.3) is 22.3 Å². The predicted molar refractivity (Wildman–Crippen MR) is 145 cm³/mol. The number of benzene rings is 2. The molecule has 3 aromatic heterocycles. The zero-order valence-electron chi connectivity index (χ0n) is 19.5. The minimum atomic E-state index is -3.49. The molecule has 2 aromatic carbocycles. The topological polar surface area (TPSA) is 125 Å². The number of carbonyl (C=O) groups excluding carboxylic acids is 1. The summed E-state index contributed by atoms with van der Waals surface area (Å²) in [6, 6.07) is 17.2. The van der Waals surface area contributed by atoms with Crippen LogP contribution in [0, 0.1) is 0 Å². The third-order valence-corrected chi connectivity index (χ3v) is 8.50. The lowest BCUT2D eigenvalue weighted by Crippen LogP contribution is -2.29. The fraction of sp³-hybridized carbons (Fsp3) is 0.208. The molecule has 37 heavy (non-hydrogen) atoms. The first kappa shape index (κ1) is 25.2. The van der Waals surface area contributed by atoms with E-state index >= 15 is 0 Å². The monoisotopic (exact) mass is 599 g/mol. The van der Waals surface area contributed by atoms with Gasteiger partial charge in [-0.25, -0.2) is 13.4 Å². The Morgan fingerprint density at radius 3 is 2.73 bits per heavy atom. The van der Waals surface area contributed by atoms with E-state index in [2.05, 4.69) is 40.9 Å². The Hall–Kier alpha value is -3.42. The van der Waals surface area contributed by atoms with Gasteiger partial charge >= 0.3 is 0 Å². The number of rotatable bonds is 10. The van der Waals surface area contributed by atoms with Gasteiger partial charge in [0.25, 0.3) is 5.91 Å². The number of para-hydroxylation sites is 2. The Balaban J connectivity index is 1.10. The van der Waals surface area contributed by atoms with Crippen LogP contribution in [0.1, 0.15) is 15.4 Å². The number of amides is 1. The Bertz CT molecular complexity index is 1640. The molecule has 5 rings (SSSR count). The lowest BCUT2D eigenvalue weighted by atomic mass is 10.1. The van der Waals surface area contributed by atoms with Crippen molar-refractivity contribution in [3.63, 3.8) is 0 Å². The van der Waals surface area contributed by atoms with E-state index in [9.17, 15) is 13.2 Å². The van der Waals surface area contributed by atoms with Crippen LogP contribution >= 0.6 is 27.5 Å². The zero-order chi connectivity index (χ0) is 25.8. The summed E-state index contributed by atoms with van der Waals surface area (Å²) in [5.74, 6) is -0.801. The van der Waals surface area contributed by atoms with Crippen molar-refractivity contribution >= 4 is 54.2 Å². The minimum Gasteiger partial charge on any atom is -0.350 e. The van der Waals surface area contributed by atoms with E-state index in [-0.39, 0.29) is 24.0 Å². The summed E-state index contributed by atoms with van der Waals surface area (Å²) in [4.78, 5) is 17.3. The lowest BCUT2D eigenvalue weighted by Gasteiger charge is -2.04. The average molecular weight is 601 g/mol. The molecule has 0 saturated carbocycles. The Labute approximate surface area is 225 Å². The van der Waals surface area contributed by atoms with Crippen molar-refractivity contribution in [1.29, 1.82) is 0 Å². The van der Waals surface area contributed by atoms with E-state index in [0.717, 1.165) is 32.6 Å². The smallest absolute Gasteiger partial charge is 0.263 e. The van der Waals surface area contributed by atoms with Crippen molar-refractivity contribution in [2.45, 2.75) is 18.8 Å². The third kappa shape index (κ3) is 6.29. The Morgan fingerprint density at radius 2 is 1.89 bits per heavy atom. The van der Waals surface area contributed by atoms with Gasteiger partial charge in [-0.3, -0.25) is 9.48 Å². The molecule has 3 heterocycles. The second-order valence-electron chi connectivity index (χ2n) is 8.33. The Morgan fingerprint density at radius 1 is 1.08 bits per heavy atom. The SMILES string of the molecule is O=C(NCCS(=O)(=O)Cc1cn(CCn2cnc3ccccc32)nn1)c1cc(-c2ccc(Br)cc2)ns1. The van der Waals surface area contributed by atoms with Crippen molar-refractivity contribution in [2.75, 3.05) is 12.3 Å². The molecule has 0 spiro atoms. The number of hydrogen-bond acceptors (Lipinski definition) is 8. The van der Waals surface area contributed by atoms with Crippen LogP contribution in [0.5, 0.6) is 0 Å². The zero-order valence-corrected chi connectivity index (χ0v) is 22.7. The van der Waals surface area contributed by atoms with Crippen molar-refractivity contribution in [3.8, 4) is 11.3 Å². The van der Waals surface area contributed by atoms with Gasteiger partial charge in [0.15, 0.2) is 9.84 Å². The van der Waals surface area contributed by atoms with E-state index < -0.39 is 9.84 Å². The number of aromatic nitrogens is 6. The summed E-state index contributed by atoms with van der Waals surface area (Å²) in [5, 5.41) is 10.7. The van der Waals surface area contributed by atoms with Crippen molar-refractivity contribution in [1.82, 2.24) is 34.2 Å². The quantitative estimate of drug-likeness (QED) is 0.260. The molecule has 1 N–H and O–H groups in total. The van der Waals surface area contributed by atoms with Crippen molar-refractivity contribution < 1.29 is 13.2 Å². The third-order valence-electron chi connectivity index (χ3n) is 5.62. The molecule has 1 amide bonds. The van der Waals surface area contributed by atoms with Crippen molar-refractivity contribution in [3.05, 3.63) is 82.2 Å². The van der Waals surface area contributed by atoms with E-state index in [1.165, 1.54) is 0 Å². The highest BCUT2D eigenvalue weighted by atomic mass is 79.9. The second kappa shape index (κ2) is 10.9. The fourth-order valence-corrected chi connectivity index (χ4v) is 5.84. The molecule has 13 heteroatoms. The van der Waals surface area contributed by atoms with Crippen LogP contribution in [-0.4, -0.2) is 55.5 Å². The van der Waals surface area contributed by atoms with Crippen LogP contribution in [0.2, 0.25) is 0 Å². The largest absolute Gasteiger partial charge is 0.350 e. The van der Waals surface area contributed by atoms with Gasteiger partial charge in [0.1, 0.15) is 4.88 Å². The number of nitrogens with one attached hydrogen (secondary N) is 1. The maximum absolute atomic E-state index is 12.6. The summed E-state index contributed by atoms with van der Waals surface area (Å²) >= 11 is 4.47. The molecule has 0 fully saturated rings. The molecule has 5 aromatic rings. The number of fused-ring (bicyclic) bond motifs is 1. The highest BCUT2D eigenvalue weighted by molar-refractivity contribution is 9.10. The van der Waals surface area contributed by atoms with Gasteiger partial charge in [-0.2, -0.15) is 4.37 Å².